The highest BCUT2D eigenvalue weighted by atomic mass is 16.2. The predicted octanol–water partition coefficient (Wildman–Crippen LogP) is 5.82. The van der Waals surface area contributed by atoms with Crippen molar-refractivity contribution in [2.24, 2.45) is 0 Å². The summed E-state index contributed by atoms with van der Waals surface area (Å²) in [4.78, 5) is 14.6. The zero-order valence-corrected chi connectivity index (χ0v) is 15.9. The highest BCUT2D eigenvalue weighted by Crippen LogP contribution is 2.26. The molecule has 0 saturated heterocycles. The molecule has 0 fully saturated rings. The zero-order chi connectivity index (χ0) is 18.2. The first kappa shape index (κ1) is 19.0. The minimum absolute atomic E-state index is 0.0224. The molecule has 25 heavy (non-hydrogen) atoms. The fourth-order valence-corrected chi connectivity index (χ4v) is 3.10. The van der Waals surface area contributed by atoms with Crippen LogP contribution in [0.4, 0.5) is 10.5 Å². The number of aryl methyl sites for hydroxylation is 2. The summed E-state index contributed by atoms with van der Waals surface area (Å²) in [5, 5.41) is 3.19. The number of benzene rings is 2. The van der Waals surface area contributed by atoms with Gasteiger partial charge in [0.25, 0.3) is 0 Å². The number of hydrogen-bond donors (Lipinski definition) is 1. The Morgan fingerprint density at radius 1 is 0.960 bits per heavy atom. The molecule has 0 spiro atoms. The van der Waals surface area contributed by atoms with Crippen molar-refractivity contribution >= 4 is 11.7 Å². The molecule has 2 aromatic carbocycles. The molecule has 3 heteroatoms. The summed E-state index contributed by atoms with van der Waals surface area (Å²) in [6, 6.07) is 16.4. The standard InChI is InChI=1S/C22H30N2O/c1-5-11-19-15-10-16-20(12-6-2)21(19)23-22(25)24(4)17(3)18-13-8-7-9-14-18/h7-10,13-17H,5-6,11-12H2,1-4H3,(H,23,25). The van der Waals surface area contributed by atoms with Crippen LogP contribution < -0.4 is 5.32 Å². The molecule has 0 saturated carbocycles. The van der Waals surface area contributed by atoms with Gasteiger partial charge < -0.3 is 10.2 Å². The first-order valence-electron chi connectivity index (χ1n) is 9.28. The summed E-state index contributed by atoms with van der Waals surface area (Å²) >= 11 is 0. The van der Waals surface area contributed by atoms with E-state index in [1.165, 1.54) is 11.1 Å². The Hall–Kier alpha value is -2.29. The number of para-hydroxylation sites is 1. The van der Waals surface area contributed by atoms with E-state index >= 15 is 0 Å². The van der Waals surface area contributed by atoms with Gasteiger partial charge >= 0.3 is 6.03 Å². The van der Waals surface area contributed by atoms with Gasteiger partial charge in [0.1, 0.15) is 0 Å². The van der Waals surface area contributed by atoms with Crippen LogP contribution in [0.3, 0.4) is 0 Å². The first-order chi connectivity index (χ1) is 12.1. The quantitative estimate of drug-likeness (QED) is 0.678. The van der Waals surface area contributed by atoms with Crippen molar-refractivity contribution in [1.82, 2.24) is 4.90 Å². The Bertz CT molecular complexity index is 657. The van der Waals surface area contributed by atoms with E-state index in [1.807, 2.05) is 25.2 Å². The molecule has 3 nitrogen and oxygen atoms in total. The van der Waals surface area contributed by atoms with Crippen LogP contribution in [0.5, 0.6) is 0 Å². The number of carbonyl (C=O) groups excluding carboxylic acids is 1. The molecule has 0 radical (unpaired) electrons. The SMILES string of the molecule is CCCc1cccc(CCC)c1NC(=O)N(C)C(C)c1ccccc1. The van der Waals surface area contributed by atoms with E-state index in [0.717, 1.165) is 36.9 Å². The predicted molar refractivity (Wildman–Crippen MR) is 106 cm³/mol. The molecule has 0 aliphatic heterocycles. The number of hydrogen-bond acceptors (Lipinski definition) is 1. The fraction of sp³-hybridized carbons (Fsp3) is 0.409. The summed E-state index contributed by atoms with van der Waals surface area (Å²) < 4.78 is 0. The van der Waals surface area contributed by atoms with Gasteiger partial charge in [0.15, 0.2) is 0 Å². The molecule has 134 valence electrons. The Balaban J connectivity index is 2.21. The zero-order valence-electron chi connectivity index (χ0n) is 15.9. The Labute approximate surface area is 152 Å². The van der Waals surface area contributed by atoms with Crippen molar-refractivity contribution in [3.05, 3.63) is 65.2 Å². The molecule has 1 unspecified atom stereocenters. The molecule has 0 aromatic heterocycles. The van der Waals surface area contributed by atoms with E-state index in [9.17, 15) is 4.79 Å². The van der Waals surface area contributed by atoms with Crippen molar-refractivity contribution in [1.29, 1.82) is 0 Å². The lowest BCUT2D eigenvalue weighted by Crippen LogP contribution is -2.34. The monoisotopic (exact) mass is 338 g/mol. The average Bonchev–Trinajstić information content (AvgIpc) is 2.64. The van der Waals surface area contributed by atoms with Gasteiger partial charge in [-0.05, 0) is 36.5 Å². The lowest BCUT2D eigenvalue weighted by atomic mass is 10.00. The van der Waals surface area contributed by atoms with Crippen LogP contribution in [0, 0.1) is 0 Å². The van der Waals surface area contributed by atoms with Crippen LogP contribution in [0.25, 0.3) is 0 Å². The molecule has 1 atom stereocenters. The van der Waals surface area contributed by atoms with Gasteiger partial charge in [0.05, 0.1) is 6.04 Å². The summed E-state index contributed by atoms with van der Waals surface area (Å²) in [6.45, 7) is 6.39. The second kappa shape index (κ2) is 9.26. The van der Waals surface area contributed by atoms with Crippen LogP contribution in [0.2, 0.25) is 0 Å². The van der Waals surface area contributed by atoms with Crippen LogP contribution in [0.1, 0.15) is 56.3 Å². The molecule has 0 aliphatic rings. The molecular weight excluding hydrogens is 308 g/mol. The fourth-order valence-electron chi connectivity index (χ4n) is 3.10. The number of rotatable bonds is 7. The van der Waals surface area contributed by atoms with E-state index in [-0.39, 0.29) is 12.1 Å². The summed E-state index contributed by atoms with van der Waals surface area (Å²) in [5.41, 5.74) is 4.59. The highest BCUT2D eigenvalue weighted by molar-refractivity contribution is 5.91. The largest absolute Gasteiger partial charge is 0.322 e. The summed E-state index contributed by atoms with van der Waals surface area (Å²) in [5.74, 6) is 0. The minimum atomic E-state index is -0.0581. The average molecular weight is 338 g/mol. The van der Waals surface area contributed by atoms with Gasteiger partial charge in [-0.1, -0.05) is 75.2 Å². The lowest BCUT2D eigenvalue weighted by Gasteiger charge is -2.27. The molecule has 2 aromatic rings. The van der Waals surface area contributed by atoms with Gasteiger partial charge in [-0.3, -0.25) is 0 Å². The third-order valence-electron chi connectivity index (χ3n) is 4.69. The minimum Gasteiger partial charge on any atom is -0.321 e. The molecule has 2 amide bonds. The molecule has 2 rings (SSSR count). The van der Waals surface area contributed by atoms with Gasteiger partial charge in [-0.25, -0.2) is 4.79 Å². The lowest BCUT2D eigenvalue weighted by molar-refractivity contribution is 0.208. The Kier molecular flexibility index (Phi) is 7.05. The number of nitrogens with zero attached hydrogens (tertiary/aromatic N) is 1. The Morgan fingerprint density at radius 2 is 1.52 bits per heavy atom. The topological polar surface area (TPSA) is 32.3 Å². The molecule has 1 N–H and O–H groups in total. The molecular formula is C22H30N2O. The maximum atomic E-state index is 12.9. The van der Waals surface area contributed by atoms with Gasteiger partial charge in [0, 0.05) is 12.7 Å². The smallest absolute Gasteiger partial charge is 0.321 e. The Morgan fingerprint density at radius 3 is 2.04 bits per heavy atom. The van der Waals surface area contributed by atoms with Crippen molar-refractivity contribution < 1.29 is 4.79 Å². The van der Waals surface area contributed by atoms with Gasteiger partial charge in [-0.15, -0.1) is 0 Å². The molecule has 0 bridgehead atoms. The van der Waals surface area contributed by atoms with Gasteiger partial charge in [-0.2, -0.15) is 0 Å². The maximum absolute atomic E-state index is 12.9. The number of amides is 2. The number of anilines is 1. The van der Waals surface area contributed by atoms with Crippen molar-refractivity contribution in [2.75, 3.05) is 12.4 Å². The van der Waals surface area contributed by atoms with Crippen molar-refractivity contribution in [3.63, 3.8) is 0 Å². The number of carbonyl (C=O) groups is 1. The van der Waals surface area contributed by atoms with Crippen molar-refractivity contribution in [3.8, 4) is 0 Å². The number of urea groups is 1. The second-order valence-corrected chi connectivity index (χ2v) is 6.58. The van der Waals surface area contributed by atoms with Crippen LogP contribution in [0.15, 0.2) is 48.5 Å². The van der Waals surface area contributed by atoms with E-state index in [0.29, 0.717) is 0 Å². The van der Waals surface area contributed by atoms with Crippen molar-refractivity contribution in [2.45, 2.75) is 52.5 Å². The second-order valence-electron chi connectivity index (χ2n) is 6.58. The number of nitrogens with one attached hydrogen (secondary N) is 1. The van der Waals surface area contributed by atoms with Crippen LogP contribution in [-0.2, 0) is 12.8 Å². The van der Waals surface area contributed by atoms with Gasteiger partial charge in [0.2, 0.25) is 0 Å². The third kappa shape index (κ3) is 4.85. The van der Waals surface area contributed by atoms with Crippen LogP contribution in [-0.4, -0.2) is 18.0 Å². The van der Waals surface area contributed by atoms with E-state index in [4.69, 9.17) is 0 Å². The third-order valence-corrected chi connectivity index (χ3v) is 4.69. The van der Waals surface area contributed by atoms with E-state index in [2.05, 4.69) is 56.4 Å². The normalized spacial score (nSPS) is 11.8. The van der Waals surface area contributed by atoms with E-state index < -0.39 is 0 Å². The summed E-state index contributed by atoms with van der Waals surface area (Å²) in [7, 11) is 1.86. The first-order valence-corrected chi connectivity index (χ1v) is 9.28. The molecule has 0 heterocycles. The molecule has 0 aliphatic carbocycles. The van der Waals surface area contributed by atoms with E-state index in [1.54, 1.807) is 4.90 Å². The highest BCUT2D eigenvalue weighted by Gasteiger charge is 2.19. The van der Waals surface area contributed by atoms with Crippen LogP contribution >= 0.6 is 0 Å². The maximum Gasteiger partial charge on any atom is 0.322 e. The summed E-state index contributed by atoms with van der Waals surface area (Å²) in [6.07, 6.45) is 4.08.